The van der Waals surface area contributed by atoms with E-state index in [0.717, 1.165) is 37.6 Å². The molecule has 5 nitrogen and oxygen atoms in total. The lowest BCUT2D eigenvalue weighted by Gasteiger charge is -2.38. The second-order valence-electron chi connectivity index (χ2n) is 9.70. The van der Waals surface area contributed by atoms with Gasteiger partial charge in [-0.1, -0.05) is 11.6 Å². The van der Waals surface area contributed by atoms with Crippen molar-refractivity contribution in [2.45, 2.75) is 45.6 Å². The minimum Gasteiger partial charge on any atom is -0.486 e. The van der Waals surface area contributed by atoms with Crippen LogP contribution in [-0.4, -0.2) is 55.7 Å². The van der Waals surface area contributed by atoms with Crippen LogP contribution in [0.4, 0.5) is 11.4 Å². The number of halogens is 1. The summed E-state index contributed by atoms with van der Waals surface area (Å²) >= 11 is 5.97. The van der Waals surface area contributed by atoms with Gasteiger partial charge in [0.25, 0.3) is 5.91 Å². The van der Waals surface area contributed by atoms with E-state index in [1.807, 2.05) is 4.90 Å². The average Bonchev–Trinajstić information content (AvgIpc) is 2.79. The number of nitrogens with zero attached hydrogens (tertiary/aromatic N) is 3. The Morgan fingerprint density at radius 3 is 2.12 bits per heavy atom. The zero-order valence-corrected chi connectivity index (χ0v) is 20.2. The summed E-state index contributed by atoms with van der Waals surface area (Å²) in [6.45, 7) is 11.4. The van der Waals surface area contributed by atoms with Crippen molar-refractivity contribution in [3.05, 3.63) is 53.1 Å². The molecule has 2 fully saturated rings. The third-order valence-corrected chi connectivity index (χ3v) is 6.33. The fourth-order valence-corrected chi connectivity index (χ4v) is 4.57. The van der Waals surface area contributed by atoms with Crippen LogP contribution in [0.3, 0.4) is 0 Å². The van der Waals surface area contributed by atoms with Crippen molar-refractivity contribution in [2.24, 2.45) is 0 Å². The van der Waals surface area contributed by atoms with Gasteiger partial charge in [0.15, 0.2) is 0 Å². The minimum absolute atomic E-state index is 0.0644. The Labute approximate surface area is 196 Å². The van der Waals surface area contributed by atoms with Crippen LogP contribution < -0.4 is 14.5 Å². The Morgan fingerprint density at radius 2 is 1.50 bits per heavy atom. The molecule has 0 radical (unpaired) electrons. The fourth-order valence-electron chi connectivity index (χ4n) is 4.44. The van der Waals surface area contributed by atoms with Gasteiger partial charge in [-0.05, 0) is 82.5 Å². The first kappa shape index (κ1) is 22.8. The molecule has 0 N–H and O–H groups in total. The Hall–Kier alpha value is -2.40. The van der Waals surface area contributed by atoms with Crippen molar-refractivity contribution >= 4 is 28.9 Å². The van der Waals surface area contributed by atoms with E-state index in [9.17, 15) is 4.79 Å². The van der Waals surface area contributed by atoms with Gasteiger partial charge in [-0.2, -0.15) is 0 Å². The highest BCUT2D eigenvalue weighted by atomic mass is 35.5. The molecule has 2 aliphatic heterocycles. The summed E-state index contributed by atoms with van der Waals surface area (Å²) in [5.74, 6) is 0.977. The highest BCUT2D eigenvalue weighted by molar-refractivity contribution is 6.30. The number of piperidine rings is 1. The maximum atomic E-state index is 12.9. The predicted octanol–water partition coefficient (Wildman–Crippen LogP) is 5.47. The Morgan fingerprint density at radius 1 is 0.844 bits per heavy atom. The lowest BCUT2D eigenvalue weighted by Crippen LogP contribution is -2.49. The smallest absolute Gasteiger partial charge is 0.253 e. The molecule has 2 aromatic carbocycles. The van der Waals surface area contributed by atoms with E-state index in [-0.39, 0.29) is 11.5 Å². The van der Waals surface area contributed by atoms with E-state index in [1.165, 1.54) is 24.9 Å². The van der Waals surface area contributed by atoms with Crippen molar-refractivity contribution < 1.29 is 9.53 Å². The van der Waals surface area contributed by atoms with E-state index >= 15 is 0 Å². The molecule has 172 valence electrons. The molecule has 4 rings (SSSR count). The number of hydrogen-bond donors (Lipinski definition) is 0. The van der Waals surface area contributed by atoms with E-state index in [0.29, 0.717) is 23.7 Å². The van der Waals surface area contributed by atoms with Gasteiger partial charge in [-0.15, -0.1) is 0 Å². The normalized spacial score (nSPS) is 17.4. The number of ether oxygens (including phenoxy) is 1. The topological polar surface area (TPSA) is 36.0 Å². The van der Waals surface area contributed by atoms with E-state index in [4.69, 9.17) is 16.3 Å². The molecule has 0 unspecified atom stereocenters. The SMILES string of the molecule is CC(C)(C)Oc1ccc(N2CCCCC2)cc1N1CCN(C(=O)c2ccc(Cl)cc2)CC1. The van der Waals surface area contributed by atoms with Crippen LogP contribution in [0.15, 0.2) is 42.5 Å². The molecule has 2 heterocycles. The van der Waals surface area contributed by atoms with Crippen LogP contribution in [0.1, 0.15) is 50.4 Å². The van der Waals surface area contributed by atoms with Crippen LogP contribution in [0.2, 0.25) is 5.02 Å². The van der Waals surface area contributed by atoms with Gasteiger partial charge in [-0.3, -0.25) is 4.79 Å². The maximum absolute atomic E-state index is 12.9. The monoisotopic (exact) mass is 455 g/mol. The molecular formula is C26H34ClN3O2. The third kappa shape index (κ3) is 5.50. The molecule has 1 amide bonds. The Kier molecular flexibility index (Phi) is 6.85. The quantitative estimate of drug-likeness (QED) is 0.612. The summed E-state index contributed by atoms with van der Waals surface area (Å²) in [6, 6.07) is 13.7. The van der Waals surface area contributed by atoms with Crippen molar-refractivity contribution in [3.8, 4) is 5.75 Å². The zero-order chi connectivity index (χ0) is 22.7. The van der Waals surface area contributed by atoms with E-state index in [1.54, 1.807) is 24.3 Å². The molecule has 2 aliphatic rings. The molecule has 0 spiro atoms. The molecule has 2 saturated heterocycles. The third-order valence-electron chi connectivity index (χ3n) is 6.08. The van der Waals surface area contributed by atoms with Crippen molar-refractivity contribution in [1.82, 2.24) is 4.90 Å². The van der Waals surface area contributed by atoms with Crippen LogP contribution in [0.5, 0.6) is 5.75 Å². The van der Waals surface area contributed by atoms with Crippen LogP contribution >= 0.6 is 11.6 Å². The van der Waals surface area contributed by atoms with Gasteiger partial charge in [-0.25, -0.2) is 0 Å². The van der Waals surface area contributed by atoms with Gasteiger partial charge in [0.1, 0.15) is 11.4 Å². The maximum Gasteiger partial charge on any atom is 0.253 e. The first-order valence-electron chi connectivity index (χ1n) is 11.7. The number of carbonyl (C=O) groups is 1. The highest BCUT2D eigenvalue weighted by Crippen LogP contribution is 2.36. The average molecular weight is 456 g/mol. The summed E-state index contributed by atoms with van der Waals surface area (Å²) in [6.07, 6.45) is 3.82. The van der Waals surface area contributed by atoms with Gasteiger partial charge in [0.2, 0.25) is 0 Å². The molecule has 0 aromatic heterocycles. The number of rotatable bonds is 4. The van der Waals surface area contributed by atoms with E-state index in [2.05, 4.69) is 48.8 Å². The number of benzene rings is 2. The summed E-state index contributed by atoms with van der Waals surface area (Å²) < 4.78 is 6.33. The van der Waals surface area contributed by atoms with Gasteiger partial charge >= 0.3 is 0 Å². The van der Waals surface area contributed by atoms with Crippen molar-refractivity contribution in [1.29, 1.82) is 0 Å². The lowest BCUT2D eigenvalue weighted by molar-refractivity contribution is 0.0746. The highest BCUT2D eigenvalue weighted by Gasteiger charge is 2.26. The van der Waals surface area contributed by atoms with Crippen LogP contribution in [0, 0.1) is 0 Å². The largest absolute Gasteiger partial charge is 0.486 e. The van der Waals surface area contributed by atoms with E-state index < -0.39 is 0 Å². The van der Waals surface area contributed by atoms with Gasteiger partial charge in [0, 0.05) is 55.5 Å². The van der Waals surface area contributed by atoms with Crippen molar-refractivity contribution in [3.63, 3.8) is 0 Å². The Bertz CT molecular complexity index is 925. The first-order valence-corrected chi connectivity index (χ1v) is 12.1. The molecular weight excluding hydrogens is 422 g/mol. The number of anilines is 2. The summed E-state index contributed by atoms with van der Waals surface area (Å²) in [7, 11) is 0. The number of carbonyl (C=O) groups excluding carboxylic acids is 1. The van der Waals surface area contributed by atoms with Gasteiger partial charge < -0.3 is 19.4 Å². The second-order valence-corrected chi connectivity index (χ2v) is 10.1. The molecule has 0 atom stereocenters. The second kappa shape index (κ2) is 9.62. The molecule has 2 aromatic rings. The molecule has 32 heavy (non-hydrogen) atoms. The number of amides is 1. The number of hydrogen-bond acceptors (Lipinski definition) is 4. The zero-order valence-electron chi connectivity index (χ0n) is 19.4. The molecule has 6 heteroatoms. The van der Waals surface area contributed by atoms with Crippen LogP contribution in [-0.2, 0) is 0 Å². The molecule has 0 saturated carbocycles. The van der Waals surface area contributed by atoms with Gasteiger partial charge in [0.05, 0.1) is 5.69 Å². The summed E-state index contributed by atoms with van der Waals surface area (Å²) in [5.41, 5.74) is 2.81. The first-order chi connectivity index (χ1) is 15.3. The molecule has 0 bridgehead atoms. The predicted molar refractivity (Wildman–Crippen MR) is 132 cm³/mol. The number of piperazine rings is 1. The molecule has 0 aliphatic carbocycles. The lowest BCUT2D eigenvalue weighted by atomic mass is 10.1. The summed E-state index contributed by atoms with van der Waals surface area (Å²) in [5, 5.41) is 0.645. The fraction of sp³-hybridized carbons (Fsp3) is 0.500. The Balaban J connectivity index is 1.51. The standard InChI is InChI=1S/C26H34ClN3O2/c1-26(2,3)32-24-12-11-22(28-13-5-4-6-14-28)19-23(24)29-15-17-30(18-16-29)25(31)20-7-9-21(27)10-8-20/h7-12,19H,4-6,13-18H2,1-3H3. The van der Waals surface area contributed by atoms with Crippen molar-refractivity contribution in [2.75, 3.05) is 49.1 Å². The summed E-state index contributed by atoms with van der Waals surface area (Å²) in [4.78, 5) is 19.7. The van der Waals surface area contributed by atoms with Crippen LogP contribution in [0.25, 0.3) is 0 Å². The minimum atomic E-state index is -0.270.